The molecule has 0 aromatic heterocycles. The van der Waals surface area contributed by atoms with Crippen molar-refractivity contribution in [1.82, 2.24) is 10.2 Å². The molecule has 1 saturated heterocycles. The molecule has 0 saturated carbocycles. The Morgan fingerprint density at radius 1 is 0.938 bits per heavy atom. The van der Waals surface area contributed by atoms with Crippen LogP contribution in [-0.2, 0) is 11.2 Å². The fourth-order valence-electron chi connectivity index (χ4n) is 4.37. The maximum Gasteiger partial charge on any atom is 0.251 e. The van der Waals surface area contributed by atoms with Crippen LogP contribution in [0.2, 0.25) is 0 Å². The normalized spacial score (nSPS) is 16.8. The molecule has 1 heterocycles. The van der Waals surface area contributed by atoms with E-state index in [-0.39, 0.29) is 18.2 Å². The third kappa shape index (κ3) is 5.64. The predicted octanol–water partition coefficient (Wildman–Crippen LogP) is 5.21. The Morgan fingerprint density at radius 2 is 1.56 bits per heavy atom. The lowest BCUT2D eigenvalue weighted by atomic mass is 10.0. The number of hydrogen-bond acceptors (Lipinski definition) is 3. The molecule has 0 bridgehead atoms. The minimum absolute atomic E-state index is 0.0473. The molecule has 0 spiro atoms. The summed E-state index contributed by atoms with van der Waals surface area (Å²) < 4.78 is 6.80. The van der Waals surface area contributed by atoms with Crippen LogP contribution in [0.25, 0.3) is 0 Å². The van der Waals surface area contributed by atoms with Crippen LogP contribution < -0.4 is 5.32 Å². The Morgan fingerprint density at radius 3 is 2.16 bits per heavy atom. The molecule has 4 heteroatoms. The van der Waals surface area contributed by atoms with E-state index in [1.54, 1.807) is 7.05 Å². The molecule has 1 N–H and O–H groups in total. The number of nitrogens with one attached hydrogen (secondary N) is 1. The van der Waals surface area contributed by atoms with E-state index in [1.807, 2.05) is 24.3 Å². The molecule has 3 aromatic rings. The summed E-state index contributed by atoms with van der Waals surface area (Å²) in [6.07, 6.45) is 4.41. The van der Waals surface area contributed by atoms with Crippen LogP contribution in [0.15, 0.2) is 84.9 Å². The monoisotopic (exact) mass is 428 g/mol. The minimum Gasteiger partial charge on any atom is -0.355 e. The van der Waals surface area contributed by atoms with Crippen LogP contribution in [0.5, 0.6) is 0 Å². The van der Waals surface area contributed by atoms with Gasteiger partial charge in [0, 0.05) is 25.7 Å². The number of carbonyl (C=O) groups is 1. The van der Waals surface area contributed by atoms with Gasteiger partial charge in [-0.15, -0.1) is 0 Å². The molecule has 1 atom stereocenters. The Balaban J connectivity index is 1.45. The van der Waals surface area contributed by atoms with Crippen molar-refractivity contribution in [2.45, 2.75) is 38.0 Å². The summed E-state index contributed by atoms with van der Waals surface area (Å²) in [5.41, 5.74) is 4.32. The molecule has 4 rings (SSSR count). The third-order valence-electron chi connectivity index (χ3n) is 6.18. The van der Waals surface area contributed by atoms with Gasteiger partial charge < -0.3 is 10.1 Å². The summed E-state index contributed by atoms with van der Waals surface area (Å²) in [6.45, 7) is 2.00. The Bertz CT molecular complexity index is 934. The maximum absolute atomic E-state index is 11.8. The van der Waals surface area contributed by atoms with Crippen LogP contribution in [0, 0.1) is 0 Å². The summed E-state index contributed by atoms with van der Waals surface area (Å²) in [4.78, 5) is 14.3. The lowest BCUT2D eigenvalue weighted by Crippen LogP contribution is -2.43. The first-order valence-corrected chi connectivity index (χ1v) is 11.5. The second-order valence-electron chi connectivity index (χ2n) is 8.35. The summed E-state index contributed by atoms with van der Waals surface area (Å²) in [5.74, 6) is -0.0473. The van der Waals surface area contributed by atoms with Crippen molar-refractivity contribution in [2.24, 2.45) is 0 Å². The van der Waals surface area contributed by atoms with Crippen LogP contribution in [0.3, 0.4) is 0 Å². The summed E-state index contributed by atoms with van der Waals surface area (Å²) >= 11 is 0. The molecule has 1 amide bonds. The zero-order chi connectivity index (χ0) is 22.2. The second kappa shape index (κ2) is 11.1. The van der Waals surface area contributed by atoms with Gasteiger partial charge in [0.25, 0.3) is 5.91 Å². The fourth-order valence-corrected chi connectivity index (χ4v) is 4.37. The van der Waals surface area contributed by atoms with Gasteiger partial charge in [-0.1, -0.05) is 72.8 Å². The average Bonchev–Trinajstić information content (AvgIpc) is 2.87. The standard InChI is InChI=1S/C28H32N2O2/c1-29-28(31)25-17-15-22(16-18-25)19-21-30-20-9-8-14-26(30)32-27(23-10-4-2-5-11-23)24-12-6-3-7-13-24/h2-7,10-13,15-18,26-27H,8-9,14,19-21H2,1H3,(H,29,31). The highest BCUT2D eigenvalue weighted by Gasteiger charge is 2.27. The number of likely N-dealkylation sites (tertiary alicyclic amines) is 1. The quantitative estimate of drug-likeness (QED) is 0.536. The number of carbonyl (C=O) groups excluding carboxylic acids is 1. The number of piperidine rings is 1. The van der Waals surface area contributed by atoms with Gasteiger partial charge in [0.1, 0.15) is 12.3 Å². The maximum atomic E-state index is 11.8. The Labute approximate surface area is 191 Å². The molecule has 166 valence electrons. The highest BCUT2D eigenvalue weighted by atomic mass is 16.5. The smallest absolute Gasteiger partial charge is 0.251 e. The van der Waals surface area contributed by atoms with Crippen molar-refractivity contribution < 1.29 is 9.53 Å². The van der Waals surface area contributed by atoms with Gasteiger partial charge in [-0.25, -0.2) is 0 Å². The molecule has 4 nitrogen and oxygen atoms in total. The van der Waals surface area contributed by atoms with Crippen molar-refractivity contribution in [2.75, 3.05) is 20.1 Å². The largest absolute Gasteiger partial charge is 0.355 e. The van der Waals surface area contributed by atoms with Crippen molar-refractivity contribution in [3.05, 3.63) is 107 Å². The molecule has 1 fully saturated rings. The molecular formula is C28H32N2O2. The number of amides is 1. The van der Waals surface area contributed by atoms with E-state index in [2.05, 4.69) is 70.9 Å². The summed E-state index contributed by atoms with van der Waals surface area (Å²) in [5, 5.41) is 2.67. The number of hydrogen-bond donors (Lipinski definition) is 1. The highest BCUT2D eigenvalue weighted by Crippen LogP contribution is 2.31. The van der Waals surface area contributed by atoms with E-state index < -0.39 is 0 Å². The molecule has 0 aliphatic carbocycles. The van der Waals surface area contributed by atoms with Crippen molar-refractivity contribution in [3.8, 4) is 0 Å². The van der Waals surface area contributed by atoms with Gasteiger partial charge in [0.05, 0.1) is 0 Å². The van der Waals surface area contributed by atoms with E-state index in [4.69, 9.17) is 4.74 Å². The van der Waals surface area contributed by atoms with Crippen molar-refractivity contribution in [1.29, 1.82) is 0 Å². The van der Waals surface area contributed by atoms with E-state index in [0.29, 0.717) is 5.56 Å². The van der Waals surface area contributed by atoms with Gasteiger partial charge in [0.2, 0.25) is 0 Å². The van der Waals surface area contributed by atoms with Gasteiger partial charge in [-0.05, 0) is 54.5 Å². The average molecular weight is 429 g/mol. The number of ether oxygens (including phenoxy) is 1. The first-order valence-electron chi connectivity index (χ1n) is 11.5. The topological polar surface area (TPSA) is 41.6 Å². The first-order chi connectivity index (χ1) is 15.7. The highest BCUT2D eigenvalue weighted by molar-refractivity contribution is 5.93. The lowest BCUT2D eigenvalue weighted by molar-refractivity contribution is -0.105. The second-order valence-corrected chi connectivity index (χ2v) is 8.35. The SMILES string of the molecule is CNC(=O)c1ccc(CCN2CCCCC2OC(c2ccccc2)c2ccccc2)cc1. The van der Waals surface area contributed by atoms with Crippen molar-refractivity contribution >= 4 is 5.91 Å². The van der Waals surface area contributed by atoms with Gasteiger partial charge in [0.15, 0.2) is 0 Å². The Hall–Kier alpha value is -2.95. The van der Waals surface area contributed by atoms with E-state index in [1.165, 1.54) is 29.5 Å². The van der Waals surface area contributed by atoms with Crippen LogP contribution in [0.4, 0.5) is 0 Å². The molecule has 1 aliphatic rings. The fraction of sp³-hybridized carbons (Fsp3) is 0.321. The minimum atomic E-state index is -0.0742. The van der Waals surface area contributed by atoms with Gasteiger partial charge in [-0.2, -0.15) is 0 Å². The number of nitrogens with zero attached hydrogens (tertiary/aromatic N) is 1. The van der Waals surface area contributed by atoms with Crippen LogP contribution in [-0.4, -0.2) is 37.2 Å². The van der Waals surface area contributed by atoms with E-state index in [9.17, 15) is 4.79 Å². The van der Waals surface area contributed by atoms with Crippen molar-refractivity contribution in [3.63, 3.8) is 0 Å². The Kier molecular flexibility index (Phi) is 7.70. The van der Waals surface area contributed by atoms with Crippen LogP contribution in [0.1, 0.15) is 52.4 Å². The van der Waals surface area contributed by atoms with Gasteiger partial charge in [-0.3, -0.25) is 9.69 Å². The molecule has 3 aromatic carbocycles. The number of rotatable bonds is 8. The molecule has 0 radical (unpaired) electrons. The zero-order valence-electron chi connectivity index (χ0n) is 18.7. The summed E-state index contributed by atoms with van der Waals surface area (Å²) in [7, 11) is 1.66. The third-order valence-corrected chi connectivity index (χ3v) is 6.18. The zero-order valence-corrected chi connectivity index (χ0v) is 18.7. The molecule has 1 aliphatic heterocycles. The predicted molar refractivity (Wildman–Crippen MR) is 129 cm³/mol. The van der Waals surface area contributed by atoms with E-state index >= 15 is 0 Å². The summed E-state index contributed by atoms with van der Waals surface area (Å²) in [6, 6.07) is 28.9. The first kappa shape index (κ1) is 22.3. The molecule has 1 unspecified atom stereocenters. The van der Waals surface area contributed by atoms with E-state index in [0.717, 1.165) is 25.9 Å². The van der Waals surface area contributed by atoms with Crippen LogP contribution >= 0.6 is 0 Å². The number of benzene rings is 3. The lowest BCUT2D eigenvalue weighted by Gasteiger charge is -2.38. The van der Waals surface area contributed by atoms with Gasteiger partial charge >= 0.3 is 0 Å². The molecular weight excluding hydrogens is 396 g/mol. The molecule has 32 heavy (non-hydrogen) atoms.